The predicted octanol–water partition coefficient (Wildman–Crippen LogP) is 3.11. The smallest absolute Gasteiger partial charge is 0.387 e. The highest BCUT2D eigenvalue weighted by atomic mass is 19.4. The van der Waals surface area contributed by atoms with Gasteiger partial charge in [0, 0.05) is 6.04 Å². The van der Waals surface area contributed by atoms with Crippen molar-refractivity contribution in [3.63, 3.8) is 0 Å². The van der Waals surface area contributed by atoms with Crippen LogP contribution in [0.2, 0.25) is 0 Å². The lowest BCUT2D eigenvalue weighted by molar-refractivity contribution is -0.137. The first-order valence-electron chi connectivity index (χ1n) is 5.82. The second kappa shape index (κ2) is 5.71. The molecule has 1 aromatic carbocycles. The number of nitrogens with two attached hydrogens (primary N) is 1. The molecule has 5 heteroatoms. The monoisotopic (exact) mass is 261 g/mol. The van der Waals surface area contributed by atoms with E-state index in [1.54, 1.807) is 0 Å². The maximum absolute atomic E-state index is 12.4. The van der Waals surface area contributed by atoms with Gasteiger partial charge in [-0.25, -0.2) is 0 Å². The molecule has 0 saturated heterocycles. The van der Waals surface area contributed by atoms with E-state index in [4.69, 9.17) is 5.73 Å². The summed E-state index contributed by atoms with van der Waals surface area (Å²) in [5, 5.41) is 9.93. The summed E-state index contributed by atoms with van der Waals surface area (Å²) in [5.41, 5.74) is 5.49. The summed E-state index contributed by atoms with van der Waals surface area (Å²) < 4.78 is 37.1. The van der Waals surface area contributed by atoms with Crippen molar-refractivity contribution in [2.75, 3.05) is 0 Å². The first kappa shape index (κ1) is 15.0. The zero-order chi connectivity index (χ0) is 13.9. The van der Waals surface area contributed by atoms with E-state index in [1.165, 1.54) is 12.1 Å². The predicted molar refractivity (Wildman–Crippen MR) is 63.8 cm³/mol. The standard InChI is InChI=1S/C13H18F3NO/c1-8(2)7-11(17)12(18)9-3-5-10(6-4-9)13(14,15)16/h3-6,8,11-12,18H,7,17H2,1-2H3. The molecule has 0 aliphatic heterocycles. The Balaban J connectivity index is 2.79. The molecule has 0 aliphatic rings. The van der Waals surface area contributed by atoms with Crippen LogP contribution in [0, 0.1) is 5.92 Å². The van der Waals surface area contributed by atoms with Crippen molar-refractivity contribution < 1.29 is 18.3 Å². The first-order chi connectivity index (χ1) is 8.21. The van der Waals surface area contributed by atoms with Crippen LogP contribution in [0.15, 0.2) is 24.3 Å². The van der Waals surface area contributed by atoms with Crippen LogP contribution in [0.1, 0.15) is 37.5 Å². The van der Waals surface area contributed by atoms with Crippen LogP contribution < -0.4 is 5.73 Å². The van der Waals surface area contributed by atoms with Gasteiger partial charge in [0.15, 0.2) is 0 Å². The summed E-state index contributed by atoms with van der Waals surface area (Å²) >= 11 is 0. The lowest BCUT2D eigenvalue weighted by Crippen LogP contribution is -2.29. The molecule has 102 valence electrons. The van der Waals surface area contributed by atoms with Crippen LogP contribution in [0.3, 0.4) is 0 Å². The molecule has 2 nitrogen and oxygen atoms in total. The molecule has 0 spiro atoms. The normalized spacial score (nSPS) is 15.8. The van der Waals surface area contributed by atoms with Crippen LogP contribution in [-0.2, 0) is 6.18 Å². The van der Waals surface area contributed by atoms with Crippen LogP contribution in [-0.4, -0.2) is 11.1 Å². The van der Waals surface area contributed by atoms with Gasteiger partial charge in [0.2, 0.25) is 0 Å². The zero-order valence-electron chi connectivity index (χ0n) is 10.4. The maximum Gasteiger partial charge on any atom is 0.416 e. The van der Waals surface area contributed by atoms with E-state index >= 15 is 0 Å². The van der Waals surface area contributed by atoms with Gasteiger partial charge in [-0.2, -0.15) is 13.2 Å². The third kappa shape index (κ3) is 3.99. The Morgan fingerprint density at radius 2 is 1.67 bits per heavy atom. The van der Waals surface area contributed by atoms with Gasteiger partial charge in [-0.1, -0.05) is 26.0 Å². The number of hydrogen-bond acceptors (Lipinski definition) is 2. The molecule has 0 bridgehead atoms. The number of benzene rings is 1. The molecule has 0 aliphatic carbocycles. The fraction of sp³-hybridized carbons (Fsp3) is 0.538. The Labute approximate surface area is 105 Å². The molecule has 1 rings (SSSR count). The summed E-state index contributed by atoms with van der Waals surface area (Å²) in [5.74, 6) is 0.323. The van der Waals surface area contributed by atoms with E-state index in [-0.39, 0.29) is 0 Å². The van der Waals surface area contributed by atoms with Crippen molar-refractivity contribution in [2.45, 2.75) is 38.6 Å². The van der Waals surface area contributed by atoms with Gasteiger partial charge in [0.1, 0.15) is 0 Å². The molecular weight excluding hydrogens is 243 g/mol. The van der Waals surface area contributed by atoms with E-state index in [0.717, 1.165) is 12.1 Å². The molecule has 2 unspecified atom stereocenters. The number of alkyl halides is 3. The Bertz CT molecular complexity index is 373. The van der Waals surface area contributed by atoms with Gasteiger partial charge in [0.25, 0.3) is 0 Å². The fourth-order valence-electron chi connectivity index (χ4n) is 1.79. The molecule has 18 heavy (non-hydrogen) atoms. The summed E-state index contributed by atoms with van der Waals surface area (Å²) in [7, 11) is 0. The highest BCUT2D eigenvalue weighted by molar-refractivity contribution is 5.26. The molecule has 0 radical (unpaired) electrons. The topological polar surface area (TPSA) is 46.2 Å². The largest absolute Gasteiger partial charge is 0.416 e. The maximum atomic E-state index is 12.4. The summed E-state index contributed by atoms with van der Waals surface area (Å²) in [6.07, 6.45) is -4.68. The molecule has 0 fully saturated rings. The van der Waals surface area contributed by atoms with Crippen molar-refractivity contribution in [1.82, 2.24) is 0 Å². The van der Waals surface area contributed by atoms with Gasteiger partial charge in [0.05, 0.1) is 11.7 Å². The van der Waals surface area contributed by atoms with Crippen LogP contribution in [0.5, 0.6) is 0 Å². The summed E-state index contributed by atoms with van der Waals surface area (Å²) in [6.45, 7) is 3.94. The zero-order valence-corrected chi connectivity index (χ0v) is 10.4. The second-order valence-corrected chi connectivity index (χ2v) is 4.86. The summed E-state index contributed by atoms with van der Waals surface area (Å²) in [6, 6.07) is 3.99. The van der Waals surface area contributed by atoms with Crippen molar-refractivity contribution in [3.8, 4) is 0 Å². The molecule has 0 heterocycles. The van der Waals surface area contributed by atoms with Crippen molar-refractivity contribution in [2.24, 2.45) is 11.7 Å². The van der Waals surface area contributed by atoms with E-state index in [0.29, 0.717) is 17.9 Å². The van der Waals surface area contributed by atoms with E-state index in [1.807, 2.05) is 13.8 Å². The number of aliphatic hydroxyl groups excluding tert-OH is 1. The van der Waals surface area contributed by atoms with Gasteiger partial charge < -0.3 is 10.8 Å². The highest BCUT2D eigenvalue weighted by Gasteiger charge is 2.30. The fourth-order valence-corrected chi connectivity index (χ4v) is 1.79. The van der Waals surface area contributed by atoms with Crippen molar-refractivity contribution in [1.29, 1.82) is 0 Å². The highest BCUT2D eigenvalue weighted by Crippen LogP contribution is 2.30. The van der Waals surface area contributed by atoms with E-state index in [2.05, 4.69) is 0 Å². The molecular formula is C13H18F3NO. The minimum absolute atomic E-state index is 0.323. The molecule has 3 N–H and O–H groups in total. The van der Waals surface area contributed by atoms with Crippen LogP contribution >= 0.6 is 0 Å². The van der Waals surface area contributed by atoms with E-state index in [9.17, 15) is 18.3 Å². The van der Waals surface area contributed by atoms with Gasteiger partial charge in [-0.15, -0.1) is 0 Å². The Kier molecular flexibility index (Phi) is 4.76. The van der Waals surface area contributed by atoms with E-state index < -0.39 is 23.9 Å². The molecule has 1 aromatic rings. The molecule has 2 atom stereocenters. The lowest BCUT2D eigenvalue weighted by atomic mass is 9.95. The minimum atomic E-state index is -4.36. The quantitative estimate of drug-likeness (QED) is 0.874. The SMILES string of the molecule is CC(C)CC(N)C(O)c1ccc(C(F)(F)F)cc1. The average Bonchev–Trinajstić information content (AvgIpc) is 2.26. The molecule has 0 aromatic heterocycles. The number of hydrogen-bond donors (Lipinski definition) is 2. The Hall–Kier alpha value is -1.07. The van der Waals surface area contributed by atoms with Gasteiger partial charge >= 0.3 is 6.18 Å². The van der Waals surface area contributed by atoms with Crippen molar-refractivity contribution in [3.05, 3.63) is 35.4 Å². The Morgan fingerprint density at radius 1 is 1.17 bits per heavy atom. The minimum Gasteiger partial charge on any atom is -0.387 e. The number of aliphatic hydroxyl groups is 1. The van der Waals surface area contributed by atoms with Crippen LogP contribution in [0.4, 0.5) is 13.2 Å². The van der Waals surface area contributed by atoms with Gasteiger partial charge in [-0.05, 0) is 30.0 Å². The van der Waals surface area contributed by atoms with Gasteiger partial charge in [-0.3, -0.25) is 0 Å². The first-order valence-corrected chi connectivity index (χ1v) is 5.82. The lowest BCUT2D eigenvalue weighted by Gasteiger charge is -2.21. The third-order valence-corrected chi connectivity index (χ3v) is 2.73. The Morgan fingerprint density at radius 3 is 2.06 bits per heavy atom. The third-order valence-electron chi connectivity index (χ3n) is 2.73. The van der Waals surface area contributed by atoms with Crippen LogP contribution in [0.25, 0.3) is 0 Å². The number of rotatable bonds is 4. The molecule has 0 amide bonds. The van der Waals surface area contributed by atoms with Crippen molar-refractivity contribution >= 4 is 0 Å². The molecule has 0 saturated carbocycles. The average molecular weight is 261 g/mol. The second-order valence-electron chi connectivity index (χ2n) is 4.86. The number of halogens is 3. The summed E-state index contributed by atoms with van der Waals surface area (Å²) in [4.78, 5) is 0.